The summed E-state index contributed by atoms with van der Waals surface area (Å²) in [6.07, 6.45) is 2.33. The van der Waals surface area contributed by atoms with Crippen molar-refractivity contribution in [2.45, 2.75) is 6.92 Å². The summed E-state index contributed by atoms with van der Waals surface area (Å²) in [5, 5.41) is 8.63. The lowest BCUT2D eigenvalue weighted by molar-refractivity contribution is -0.114. The molecule has 29 heavy (non-hydrogen) atoms. The molecule has 148 valence electrons. The van der Waals surface area contributed by atoms with Gasteiger partial charge in [-0.15, -0.1) is 0 Å². The minimum Gasteiger partial charge on any atom is -0.457 e. The number of furan rings is 1. The number of halogens is 1. The Bertz CT molecular complexity index is 1270. The average Bonchev–Trinajstić information content (AvgIpc) is 3.27. The lowest BCUT2D eigenvalue weighted by Gasteiger charge is -2.23. The second-order valence-electron chi connectivity index (χ2n) is 6.34. The highest BCUT2D eigenvalue weighted by Crippen LogP contribution is 2.31. The maximum Gasteiger partial charge on any atom is 0.283 e. The first-order valence-corrected chi connectivity index (χ1v) is 11.2. The normalized spacial score (nSPS) is 18.2. The summed E-state index contributed by atoms with van der Waals surface area (Å²) in [5.74, 6) is -0.151. The fraction of sp³-hybridized carbons (Fsp3) is 0.111. The van der Waals surface area contributed by atoms with Gasteiger partial charge in [-0.1, -0.05) is 23.7 Å². The zero-order valence-corrected chi connectivity index (χ0v) is 17.5. The third kappa shape index (κ3) is 3.54. The molecule has 1 amide bonds. The van der Waals surface area contributed by atoms with E-state index in [9.17, 15) is 13.2 Å². The number of aliphatic imine (C=N–C) groups is 1. The van der Waals surface area contributed by atoms with E-state index in [2.05, 4.69) is 9.39 Å². The number of fused-ring (bicyclic) bond motifs is 1. The van der Waals surface area contributed by atoms with Crippen molar-refractivity contribution in [3.8, 4) is 11.3 Å². The number of amidine groups is 3. The van der Waals surface area contributed by atoms with Gasteiger partial charge in [-0.2, -0.15) is 9.39 Å². The number of sulfone groups is 1. The van der Waals surface area contributed by atoms with E-state index in [-0.39, 0.29) is 21.7 Å². The van der Waals surface area contributed by atoms with Crippen molar-refractivity contribution >= 4 is 61.5 Å². The quantitative estimate of drug-likeness (QED) is 0.554. The van der Waals surface area contributed by atoms with Crippen LogP contribution in [0.15, 0.2) is 49.7 Å². The number of hydrogen-bond acceptors (Lipinski definition) is 7. The summed E-state index contributed by atoms with van der Waals surface area (Å²) >= 11 is 6.90. The minimum atomic E-state index is -3.70. The van der Waals surface area contributed by atoms with Crippen LogP contribution in [0.4, 0.5) is 0 Å². The third-order valence-corrected chi connectivity index (χ3v) is 6.36. The Morgan fingerprint density at radius 1 is 1.28 bits per heavy atom. The molecule has 1 aromatic heterocycles. The van der Waals surface area contributed by atoms with Gasteiger partial charge in [-0.25, -0.2) is 13.3 Å². The Kier molecular flexibility index (Phi) is 4.72. The number of amides is 1. The Balaban J connectivity index is 1.69. The topological polar surface area (TPSA) is 116 Å². The van der Waals surface area contributed by atoms with Crippen molar-refractivity contribution in [1.82, 2.24) is 4.90 Å². The molecule has 1 aromatic carbocycles. The Labute approximate surface area is 175 Å². The fourth-order valence-corrected chi connectivity index (χ4v) is 4.74. The maximum absolute atomic E-state index is 12.4. The molecule has 0 saturated heterocycles. The van der Waals surface area contributed by atoms with Crippen LogP contribution in [-0.2, 0) is 14.6 Å². The predicted molar refractivity (Wildman–Crippen MR) is 114 cm³/mol. The van der Waals surface area contributed by atoms with Gasteiger partial charge in [0, 0.05) is 16.8 Å². The zero-order valence-electron chi connectivity index (χ0n) is 15.1. The number of carbonyl (C=O) groups is 1. The SMILES string of the molecule is Cc1ccc(-c2ccc(/C=C3/C(=N)N4C(=NC3=O)SN=C4S(C)(=O)=O)o2)cc1Cl. The van der Waals surface area contributed by atoms with Gasteiger partial charge in [0.1, 0.15) is 17.4 Å². The van der Waals surface area contributed by atoms with Crippen molar-refractivity contribution in [2.24, 2.45) is 9.39 Å². The molecule has 8 nitrogen and oxygen atoms in total. The molecule has 0 spiro atoms. The first kappa shape index (κ1) is 19.6. The number of nitrogens with one attached hydrogen (secondary N) is 1. The second-order valence-corrected chi connectivity index (χ2v) is 9.39. The molecule has 11 heteroatoms. The predicted octanol–water partition coefficient (Wildman–Crippen LogP) is 3.53. The van der Waals surface area contributed by atoms with Gasteiger partial charge < -0.3 is 4.42 Å². The molecule has 0 atom stereocenters. The summed E-state index contributed by atoms with van der Waals surface area (Å²) < 4.78 is 33.4. The number of rotatable bonds is 2. The zero-order chi connectivity index (χ0) is 20.9. The Morgan fingerprint density at radius 3 is 2.72 bits per heavy atom. The fourth-order valence-electron chi connectivity index (χ4n) is 2.71. The van der Waals surface area contributed by atoms with Gasteiger partial charge in [0.25, 0.3) is 5.91 Å². The summed E-state index contributed by atoms with van der Waals surface area (Å²) in [4.78, 5) is 17.3. The van der Waals surface area contributed by atoms with Crippen LogP contribution in [0.1, 0.15) is 11.3 Å². The number of aryl methyl sites for hydroxylation is 1. The second kappa shape index (κ2) is 6.97. The maximum atomic E-state index is 12.4. The van der Waals surface area contributed by atoms with Gasteiger partial charge in [-0.3, -0.25) is 10.2 Å². The number of nitrogens with zero attached hydrogens (tertiary/aromatic N) is 3. The Hall–Kier alpha value is -2.69. The van der Waals surface area contributed by atoms with Crippen LogP contribution in [0.25, 0.3) is 17.4 Å². The molecule has 1 N–H and O–H groups in total. The Morgan fingerprint density at radius 2 is 2.03 bits per heavy atom. The van der Waals surface area contributed by atoms with E-state index < -0.39 is 15.7 Å². The molecule has 0 radical (unpaired) electrons. The van der Waals surface area contributed by atoms with E-state index in [1.165, 1.54) is 6.08 Å². The molecule has 4 rings (SSSR count). The molecule has 0 unspecified atom stereocenters. The van der Waals surface area contributed by atoms with Crippen LogP contribution in [0.3, 0.4) is 0 Å². The van der Waals surface area contributed by atoms with Crippen molar-refractivity contribution in [3.05, 3.63) is 52.3 Å². The van der Waals surface area contributed by atoms with E-state index in [1.54, 1.807) is 18.2 Å². The number of carbonyl (C=O) groups excluding carboxylic acids is 1. The average molecular weight is 449 g/mol. The molecule has 0 saturated carbocycles. The molecule has 2 aliphatic rings. The van der Waals surface area contributed by atoms with Gasteiger partial charge in [-0.05, 0) is 36.8 Å². The van der Waals surface area contributed by atoms with E-state index in [0.717, 1.165) is 34.2 Å². The first-order chi connectivity index (χ1) is 13.6. The molecule has 0 bridgehead atoms. The van der Waals surface area contributed by atoms with Gasteiger partial charge >= 0.3 is 0 Å². The van der Waals surface area contributed by atoms with Crippen molar-refractivity contribution in [2.75, 3.05) is 6.26 Å². The molecular formula is C18H13ClN4O4S2. The third-order valence-electron chi connectivity index (χ3n) is 4.20. The highest BCUT2D eigenvalue weighted by atomic mass is 35.5. The van der Waals surface area contributed by atoms with Crippen LogP contribution in [-0.4, -0.2) is 41.7 Å². The largest absolute Gasteiger partial charge is 0.457 e. The summed E-state index contributed by atoms with van der Waals surface area (Å²) in [6.45, 7) is 1.89. The van der Waals surface area contributed by atoms with Gasteiger partial charge in [0.2, 0.25) is 20.2 Å². The highest BCUT2D eigenvalue weighted by Gasteiger charge is 2.41. The lowest BCUT2D eigenvalue weighted by atomic mass is 10.1. The smallest absolute Gasteiger partial charge is 0.283 e. The van der Waals surface area contributed by atoms with Gasteiger partial charge in [0.15, 0.2) is 0 Å². The molecule has 2 aromatic rings. The summed E-state index contributed by atoms with van der Waals surface area (Å²) in [7, 11) is -3.70. The lowest BCUT2D eigenvalue weighted by Crippen LogP contribution is -2.45. The summed E-state index contributed by atoms with van der Waals surface area (Å²) in [6, 6.07) is 8.85. The van der Waals surface area contributed by atoms with Gasteiger partial charge in [0.05, 0.1) is 17.5 Å². The number of hydrogen-bond donors (Lipinski definition) is 1. The van der Waals surface area contributed by atoms with E-state index >= 15 is 0 Å². The van der Waals surface area contributed by atoms with Crippen molar-refractivity contribution < 1.29 is 17.6 Å². The van der Waals surface area contributed by atoms with Crippen molar-refractivity contribution in [1.29, 1.82) is 5.41 Å². The van der Waals surface area contributed by atoms with Crippen LogP contribution in [0, 0.1) is 12.3 Å². The van der Waals surface area contributed by atoms with Crippen LogP contribution >= 0.6 is 23.5 Å². The minimum absolute atomic E-state index is 0.0343. The highest BCUT2D eigenvalue weighted by molar-refractivity contribution is 8.16. The summed E-state index contributed by atoms with van der Waals surface area (Å²) in [5.41, 5.74) is 1.60. The van der Waals surface area contributed by atoms with Crippen molar-refractivity contribution in [3.63, 3.8) is 0 Å². The standard InChI is InChI=1S/C18H13ClN4O4S2/c1-9-3-4-10(7-13(9)19)14-6-5-11(27-14)8-12-15(20)23-17(21-16(12)24)28-22-18(23)29(2,25)26/h3-8,20H,1-2H3/b12-8-,20-15?. The van der Waals surface area contributed by atoms with Crippen LogP contribution in [0.5, 0.6) is 0 Å². The van der Waals surface area contributed by atoms with E-state index in [1.807, 2.05) is 19.1 Å². The monoisotopic (exact) mass is 448 g/mol. The molecule has 0 fully saturated rings. The molecule has 0 aliphatic carbocycles. The molecular weight excluding hydrogens is 436 g/mol. The molecule has 2 aliphatic heterocycles. The van der Waals surface area contributed by atoms with E-state index in [0.29, 0.717) is 16.5 Å². The van der Waals surface area contributed by atoms with Crippen LogP contribution in [0.2, 0.25) is 5.02 Å². The first-order valence-electron chi connectivity index (χ1n) is 8.20. The van der Waals surface area contributed by atoms with Crippen LogP contribution < -0.4 is 0 Å². The molecule has 3 heterocycles. The van der Waals surface area contributed by atoms with E-state index in [4.69, 9.17) is 21.4 Å². The number of benzene rings is 1.